The topological polar surface area (TPSA) is 59.1 Å². The van der Waals surface area contributed by atoms with E-state index in [4.69, 9.17) is 5.73 Å². The highest BCUT2D eigenvalue weighted by Gasteiger charge is 2.08. The molecule has 0 radical (unpaired) electrons. The van der Waals surface area contributed by atoms with E-state index in [9.17, 15) is 5.11 Å². The second-order valence-corrected chi connectivity index (χ2v) is 3.17. The molecule has 1 atom stereocenters. The van der Waals surface area contributed by atoms with Crippen LogP contribution < -0.4 is 5.73 Å². The minimum Gasteiger partial charge on any atom is -0.385 e. The van der Waals surface area contributed by atoms with E-state index in [1.807, 2.05) is 12.3 Å². The summed E-state index contributed by atoms with van der Waals surface area (Å²) in [6.07, 6.45) is 0.327. The lowest BCUT2D eigenvalue weighted by Crippen LogP contribution is -2.11. The van der Waals surface area contributed by atoms with Crippen molar-refractivity contribution in [2.45, 2.75) is 19.4 Å². The van der Waals surface area contributed by atoms with Crippen molar-refractivity contribution in [3.63, 3.8) is 0 Å². The number of aromatic nitrogens is 1. The first-order valence-electron chi connectivity index (χ1n) is 3.60. The molecule has 1 unspecified atom stereocenters. The minimum atomic E-state index is -0.583. The average molecular weight is 172 g/mol. The lowest BCUT2D eigenvalue weighted by molar-refractivity contribution is 0.186. The Hall–Kier alpha value is -0.450. The van der Waals surface area contributed by atoms with Crippen LogP contribution in [0.2, 0.25) is 0 Å². The molecule has 0 saturated heterocycles. The highest BCUT2D eigenvalue weighted by atomic mass is 32.1. The first-order chi connectivity index (χ1) is 5.27. The van der Waals surface area contributed by atoms with Crippen LogP contribution in [-0.4, -0.2) is 16.6 Å². The highest BCUT2D eigenvalue weighted by molar-refractivity contribution is 7.09. The van der Waals surface area contributed by atoms with Crippen molar-refractivity contribution in [3.8, 4) is 0 Å². The van der Waals surface area contributed by atoms with E-state index in [1.54, 1.807) is 0 Å². The van der Waals surface area contributed by atoms with Gasteiger partial charge in [0.05, 0.1) is 5.69 Å². The lowest BCUT2D eigenvalue weighted by Gasteiger charge is -2.00. The van der Waals surface area contributed by atoms with Gasteiger partial charge in [-0.25, -0.2) is 4.98 Å². The van der Waals surface area contributed by atoms with Gasteiger partial charge in [-0.2, -0.15) is 0 Å². The van der Waals surface area contributed by atoms with Gasteiger partial charge in [0.2, 0.25) is 0 Å². The molecule has 1 rings (SSSR count). The van der Waals surface area contributed by atoms with E-state index in [0.29, 0.717) is 0 Å². The van der Waals surface area contributed by atoms with E-state index in [-0.39, 0.29) is 6.54 Å². The molecule has 0 spiro atoms. The molecule has 0 saturated carbocycles. The standard InChI is InChI=1S/C7H12N2OS/c1-2-5-4-11-7(9-5)6(10)3-8/h4,6,10H,2-3,8H2,1H3. The van der Waals surface area contributed by atoms with Crippen molar-refractivity contribution in [1.82, 2.24) is 4.98 Å². The molecule has 11 heavy (non-hydrogen) atoms. The van der Waals surface area contributed by atoms with Gasteiger partial charge in [0.25, 0.3) is 0 Å². The zero-order valence-electron chi connectivity index (χ0n) is 6.45. The molecule has 4 heteroatoms. The van der Waals surface area contributed by atoms with Crippen LogP contribution in [0.3, 0.4) is 0 Å². The third-order valence-corrected chi connectivity index (χ3v) is 2.43. The smallest absolute Gasteiger partial charge is 0.123 e. The Kier molecular flexibility index (Phi) is 2.99. The molecular formula is C7H12N2OS. The molecular weight excluding hydrogens is 160 g/mol. The van der Waals surface area contributed by atoms with E-state index in [0.717, 1.165) is 17.1 Å². The van der Waals surface area contributed by atoms with E-state index < -0.39 is 6.10 Å². The van der Waals surface area contributed by atoms with Crippen LogP contribution in [0.15, 0.2) is 5.38 Å². The Morgan fingerprint density at radius 2 is 2.55 bits per heavy atom. The van der Waals surface area contributed by atoms with Crippen molar-refractivity contribution >= 4 is 11.3 Å². The van der Waals surface area contributed by atoms with E-state index >= 15 is 0 Å². The number of hydrogen-bond donors (Lipinski definition) is 2. The van der Waals surface area contributed by atoms with E-state index in [1.165, 1.54) is 11.3 Å². The SMILES string of the molecule is CCc1csc(C(O)CN)n1. The normalized spacial score (nSPS) is 13.4. The zero-order valence-corrected chi connectivity index (χ0v) is 7.27. The van der Waals surface area contributed by atoms with Crippen LogP contribution in [0.1, 0.15) is 23.7 Å². The Bertz CT molecular complexity index is 224. The maximum atomic E-state index is 9.26. The van der Waals surface area contributed by atoms with Crippen LogP contribution in [0.25, 0.3) is 0 Å². The quantitative estimate of drug-likeness (QED) is 0.705. The molecule has 1 aromatic rings. The van der Waals surface area contributed by atoms with Gasteiger partial charge in [0.1, 0.15) is 11.1 Å². The Balaban J connectivity index is 2.71. The maximum absolute atomic E-state index is 9.26. The number of aliphatic hydroxyl groups excluding tert-OH is 1. The second-order valence-electron chi connectivity index (χ2n) is 2.28. The summed E-state index contributed by atoms with van der Waals surface area (Å²) in [5, 5.41) is 11.9. The molecule has 0 fully saturated rings. The fraction of sp³-hybridized carbons (Fsp3) is 0.571. The summed E-state index contributed by atoms with van der Waals surface area (Å²) in [6.45, 7) is 2.28. The van der Waals surface area contributed by atoms with Crippen LogP contribution in [-0.2, 0) is 6.42 Å². The number of nitrogens with two attached hydrogens (primary N) is 1. The largest absolute Gasteiger partial charge is 0.385 e. The van der Waals surface area contributed by atoms with Gasteiger partial charge in [-0.3, -0.25) is 0 Å². The Morgan fingerprint density at radius 1 is 1.82 bits per heavy atom. The lowest BCUT2D eigenvalue weighted by atomic mass is 10.3. The summed E-state index contributed by atoms with van der Waals surface area (Å²) in [6, 6.07) is 0. The molecule has 62 valence electrons. The van der Waals surface area contributed by atoms with Crippen LogP contribution in [0, 0.1) is 0 Å². The Morgan fingerprint density at radius 3 is 3.00 bits per heavy atom. The maximum Gasteiger partial charge on any atom is 0.123 e. The summed E-state index contributed by atoms with van der Waals surface area (Å²) >= 11 is 1.47. The third kappa shape index (κ3) is 1.99. The minimum absolute atomic E-state index is 0.247. The molecule has 3 nitrogen and oxygen atoms in total. The fourth-order valence-electron chi connectivity index (χ4n) is 0.739. The predicted octanol–water partition coefficient (Wildman–Crippen LogP) is 0.698. The third-order valence-electron chi connectivity index (χ3n) is 1.44. The molecule has 1 aromatic heterocycles. The average Bonchev–Trinajstić information content (AvgIpc) is 2.50. The van der Waals surface area contributed by atoms with Gasteiger partial charge < -0.3 is 10.8 Å². The molecule has 0 aromatic carbocycles. The number of rotatable bonds is 3. The molecule has 1 heterocycles. The Labute approximate surface area is 69.9 Å². The first kappa shape index (κ1) is 8.64. The molecule has 0 amide bonds. The van der Waals surface area contributed by atoms with Gasteiger partial charge in [-0.1, -0.05) is 6.92 Å². The van der Waals surface area contributed by atoms with E-state index in [2.05, 4.69) is 4.98 Å². The molecule has 0 aliphatic rings. The van der Waals surface area contributed by atoms with Crippen molar-refractivity contribution < 1.29 is 5.11 Å². The van der Waals surface area contributed by atoms with Gasteiger partial charge in [-0.05, 0) is 6.42 Å². The van der Waals surface area contributed by atoms with Crippen molar-refractivity contribution in [2.24, 2.45) is 5.73 Å². The summed E-state index contributed by atoms with van der Waals surface area (Å²) in [7, 11) is 0. The van der Waals surface area contributed by atoms with Gasteiger partial charge >= 0.3 is 0 Å². The molecule has 0 aliphatic heterocycles. The number of aryl methyl sites for hydroxylation is 1. The second kappa shape index (κ2) is 3.80. The molecule has 0 bridgehead atoms. The number of nitrogens with zero attached hydrogens (tertiary/aromatic N) is 1. The summed E-state index contributed by atoms with van der Waals surface area (Å²) < 4.78 is 0. The number of thiazole rings is 1. The van der Waals surface area contributed by atoms with Gasteiger partial charge in [0, 0.05) is 11.9 Å². The summed E-state index contributed by atoms with van der Waals surface area (Å²) in [5.74, 6) is 0. The van der Waals surface area contributed by atoms with Crippen molar-refractivity contribution in [3.05, 3.63) is 16.1 Å². The van der Waals surface area contributed by atoms with Crippen LogP contribution >= 0.6 is 11.3 Å². The van der Waals surface area contributed by atoms with Crippen LogP contribution in [0.5, 0.6) is 0 Å². The number of hydrogen-bond acceptors (Lipinski definition) is 4. The fourth-order valence-corrected chi connectivity index (χ4v) is 1.64. The van der Waals surface area contributed by atoms with Crippen LogP contribution in [0.4, 0.5) is 0 Å². The molecule has 3 N–H and O–H groups in total. The monoisotopic (exact) mass is 172 g/mol. The molecule has 0 aliphatic carbocycles. The van der Waals surface area contributed by atoms with Crippen molar-refractivity contribution in [2.75, 3.05) is 6.54 Å². The summed E-state index contributed by atoms with van der Waals surface area (Å²) in [4.78, 5) is 4.19. The zero-order chi connectivity index (χ0) is 8.27. The van der Waals surface area contributed by atoms with Gasteiger partial charge in [0.15, 0.2) is 0 Å². The van der Waals surface area contributed by atoms with Gasteiger partial charge in [-0.15, -0.1) is 11.3 Å². The first-order valence-corrected chi connectivity index (χ1v) is 4.48. The highest BCUT2D eigenvalue weighted by Crippen LogP contribution is 2.17. The predicted molar refractivity (Wildman–Crippen MR) is 45.5 cm³/mol. The summed E-state index contributed by atoms with van der Waals surface area (Å²) in [5.41, 5.74) is 6.30. The van der Waals surface area contributed by atoms with Crippen molar-refractivity contribution in [1.29, 1.82) is 0 Å². The number of aliphatic hydroxyl groups is 1.